The monoisotopic (exact) mass is 509 g/mol. The maximum absolute atomic E-state index is 14.0. The van der Waals surface area contributed by atoms with E-state index in [9.17, 15) is 17.2 Å². The molecule has 0 amide bonds. The van der Waals surface area contributed by atoms with Crippen molar-refractivity contribution >= 4 is 10.0 Å². The van der Waals surface area contributed by atoms with Crippen LogP contribution in [-0.2, 0) is 10.0 Å². The van der Waals surface area contributed by atoms with Gasteiger partial charge >= 0.3 is 0 Å². The van der Waals surface area contributed by atoms with Crippen molar-refractivity contribution in [1.82, 2.24) is 20.0 Å². The van der Waals surface area contributed by atoms with Crippen molar-refractivity contribution in [2.45, 2.75) is 68.8 Å². The molecule has 2 saturated heterocycles. The Morgan fingerprint density at radius 2 is 1.83 bits per heavy atom. The fourth-order valence-corrected chi connectivity index (χ4v) is 7.33. The molecule has 0 spiro atoms. The zero-order chi connectivity index (χ0) is 25.0. The quantitative estimate of drug-likeness (QED) is 0.593. The highest BCUT2D eigenvalue weighted by Gasteiger charge is 2.52. The van der Waals surface area contributed by atoms with Crippen molar-refractivity contribution in [2.75, 3.05) is 33.2 Å². The molecule has 194 valence electrons. The summed E-state index contributed by atoms with van der Waals surface area (Å²) >= 11 is 0. The number of allylic oxidation sites excluding steroid dienone is 2. The molecule has 10 heteroatoms. The molecule has 4 aliphatic heterocycles. The number of likely N-dealkylation sites (tertiary alicyclic amines) is 2. The van der Waals surface area contributed by atoms with Gasteiger partial charge in [-0.25, -0.2) is 22.3 Å². The number of likely N-dealkylation sites (N-methyl/N-ethyl adjacent to an activating group) is 1. The van der Waals surface area contributed by atoms with Crippen LogP contribution in [0.25, 0.3) is 0 Å². The number of primary sulfonamides is 1. The van der Waals surface area contributed by atoms with E-state index in [0.717, 1.165) is 55.6 Å². The van der Waals surface area contributed by atoms with Crippen LogP contribution in [-0.4, -0.2) is 73.3 Å². The van der Waals surface area contributed by atoms with Crippen molar-refractivity contribution in [2.24, 2.45) is 11.1 Å². The molecule has 0 radical (unpaired) electrons. The van der Waals surface area contributed by atoms with E-state index in [4.69, 9.17) is 5.14 Å². The summed E-state index contributed by atoms with van der Waals surface area (Å²) in [5.74, 6) is -2.45. The molecule has 5 aliphatic rings. The standard InChI is InChI=1S/C25H37F2N5O2S/c1-18-23(19-6-3-7-19)22(31-13-4-8-20(17-31)21-9-5-12-30(21)2)16-25(29-18,35(28,33)34)32-14-10-24(26,27)11-15-32/h4,8,16-17,19,21,29H,3,5-7,9-15H2,1-2H3,(H2,28,33,34). The lowest BCUT2D eigenvalue weighted by Crippen LogP contribution is -2.67. The lowest BCUT2D eigenvalue weighted by molar-refractivity contribution is -0.0658. The predicted molar refractivity (Wildman–Crippen MR) is 132 cm³/mol. The summed E-state index contributed by atoms with van der Waals surface area (Å²) in [6.45, 7) is 3.46. The Kier molecular flexibility index (Phi) is 6.39. The van der Waals surface area contributed by atoms with Crippen molar-refractivity contribution in [3.05, 3.63) is 47.0 Å². The smallest absolute Gasteiger partial charge is 0.251 e. The lowest BCUT2D eigenvalue weighted by Gasteiger charge is -2.49. The van der Waals surface area contributed by atoms with Crippen LogP contribution in [0.1, 0.15) is 51.9 Å². The van der Waals surface area contributed by atoms with Gasteiger partial charge in [0.2, 0.25) is 4.99 Å². The number of hydrogen-bond acceptors (Lipinski definition) is 6. The number of nitrogens with zero attached hydrogens (tertiary/aromatic N) is 3. The minimum atomic E-state index is -4.22. The van der Waals surface area contributed by atoms with Crippen LogP contribution < -0.4 is 10.5 Å². The molecule has 2 unspecified atom stereocenters. The van der Waals surface area contributed by atoms with Crippen LogP contribution in [0, 0.1) is 5.92 Å². The molecule has 0 bridgehead atoms. The van der Waals surface area contributed by atoms with Crippen LogP contribution in [0.5, 0.6) is 0 Å². The molecular formula is C25H37F2N5O2S. The van der Waals surface area contributed by atoms with Gasteiger partial charge < -0.3 is 10.2 Å². The van der Waals surface area contributed by atoms with E-state index >= 15 is 0 Å². The van der Waals surface area contributed by atoms with Crippen LogP contribution >= 0.6 is 0 Å². The third kappa shape index (κ3) is 4.47. The first-order valence-corrected chi connectivity index (χ1v) is 14.3. The highest BCUT2D eigenvalue weighted by atomic mass is 32.2. The summed E-state index contributed by atoms with van der Waals surface area (Å²) < 4.78 is 54.3. The van der Waals surface area contributed by atoms with Gasteiger partial charge in [-0.05, 0) is 69.3 Å². The first kappa shape index (κ1) is 24.9. The average Bonchev–Trinajstić information content (AvgIpc) is 3.19. The number of rotatable bonds is 5. The molecule has 3 fully saturated rings. The van der Waals surface area contributed by atoms with Gasteiger partial charge in [0, 0.05) is 56.1 Å². The van der Waals surface area contributed by atoms with E-state index in [2.05, 4.69) is 40.5 Å². The number of nitrogens with two attached hydrogens (primary N) is 1. The molecule has 0 aromatic rings. The van der Waals surface area contributed by atoms with Gasteiger partial charge in [0.05, 0.1) is 0 Å². The van der Waals surface area contributed by atoms with Gasteiger partial charge in [-0.15, -0.1) is 0 Å². The Balaban J connectivity index is 1.58. The van der Waals surface area contributed by atoms with Crippen LogP contribution in [0.15, 0.2) is 47.0 Å². The molecule has 35 heavy (non-hydrogen) atoms. The summed E-state index contributed by atoms with van der Waals surface area (Å²) in [7, 11) is -2.08. The van der Waals surface area contributed by atoms with Gasteiger partial charge in [-0.1, -0.05) is 18.6 Å². The molecule has 0 aromatic heterocycles. The third-order valence-electron chi connectivity index (χ3n) is 8.42. The SMILES string of the molecule is CC1=C(C2CCC2)C(N2C=C(C3CCCN3C)C=CC2)=CC(N2CCC(F)(F)CC2)(S(N)(=O)=O)N1. The zero-order valence-corrected chi connectivity index (χ0v) is 21.5. The largest absolute Gasteiger partial charge is 0.353 e. The molecule has 4 heterocycles. The number of alkyl halides is 2. The van der Waals surface area contributed by atoms with Crippen molar-refractivity contribution in [1.29, 1.82) is 0 Å². The van der Waals surface area contributed by atoms with Crippen molar-refractivity contribution in [3.63, 3.8) is 0 Å². The molecule has 2 atom stereocenters. The van der Waals surface area contributed by atoms with E-state index in [0.29, 0.717) is 18.5 Å². The number of halogens is 2. The second-order valence-electron chi connectivity index (χ2n) is 10.7. The van der Waals surface area contributed by atoms with Crippen LogP contribution in [0.3, 0.4) is 0 Å². The van der Waals surface area contributed by atoms with Crippen LogP contribution in [0.4, 0.5) is 8.78 Å². The van der Waals surface area contributed by atoms with Gasteiger partial charge in [0.25, 0.3) is 15.9 Å². The zero-order valence-electron chi connectivity index (χ0n) is 20.6. The Morgan fingerprint density at radius 1 is 1.11 bits per heavy atom. The fourth-order valence-electron chi connectivity index (χ4n) is 6.22. The normalized spacial score (nSPS) is 32.8. The molecule has 5 rings (SSSR count). The number of hydrogen-bond donors (Lipinski definition) is 2. The fraction of sp³-hybridized carbons (Fsp3) is 0.680. The maximum atomic E-state index is 14.0. The Labute approximate surface area is 207 Å². The summed E-state index contributed by atoms with van der Waals surface area (Å²) in [6, 6.07) is 0.334. The molecule has 7 nitrogen and oxygen atoms in total. The minimum Gasteiger partial charge on any atom is -0.353 e. The molecule has 0 aromatic carbocycles. The Morgan fingerprint density at radius 3 is 2.40 bits per heavy atom. The van der Waals surface area contributed by atoms with Gasteiger partial charge in [-0.2, -0.15) is 0 Å². The second-order valence-corrected chi connectivity index (χ2v) is 12.4. The first-order chi connectivity index (χ1) is 16.5. The maximum Gasteiger partial charge on any atom is 0.251 e. The number of nitrogens with one attached hydrogen (secondary N) is 1. The van der Waals surface area contributed by atoms with Crippen molar-refractivity contribution < 1.29 is 17.2 Å². The number of sulfonamides is 1. The first-order valence-electron chi connectivity index (χ1n) is 12.7. The van der Waals surface area contributed by atoms with Gasteiger partial charge in [0.15, 0.2) is 0 Å². The molecular weight excluding hydrogens is 472 g/mol. The minimum absolute atomic E-state index is 0.0554. The van der Waals surface area contributed by atoms with E-state index in [1.807, 2.05) is 6.92 Å². The topological polar surface area (TPSA) is 81.9 Å². The summed E-state index contributed by atoms with van der Waals surface area (Å²) in [5, 5.41) is 9.08. The highest BCUT2D eigenvalue weighted by Crippen LogP contribution is 2.44. The van der Waals surface area contributed by atoms with E-state index in [1.165, 1.54) is 5.57 Å². The van der Waals surface area contributed by atoms with Gasteiger partial charge in [0.1, 0.15) is 0 Å². The molecule has 3 N–H and O–H groups in total. The van der Waals surface area contributed by atoms with E-state index in [1.54, 1.807) is 11.0 Å². The summed E-state index contributed by atoms with van der Waals surface area (Å²) in [5.41, 5.74) is 3.92. The van der Waals surface area contributed by atoms with Crippen molar-refractivity contribution in [3.8, 4) is 0 Å². The Hall–Kier alpha value is -1.75. The summed E-state index contributed by atoms with van der Waals surface area (Å²) in [6.07, 6.45) is 12.9. The van der Waals surface area contributed by atoms with E-state index < -0.39 is 33.8 Å². The average molecular weight is 510 g/mol. The molecule has 1 saturated carbocycles. The van der Waals surface area contributed by atoms with Crippen LogP contribution in [0.2, 0.25) is 0 Å². The number of piperidine rings is 1. The lowest BCUT2D eigenvalue weighted by atomic mass is 9.76. The Bertz CT molecular complexity index is 1090. The highest BCUT2D eigenvalue weighted by molar-refractivity contribution is 7.90. The predicted octanol–water partition coefficient (Wildman–Crippen LogP) is 3.07. The second kappa shape index (κ2) is 8.97. The van der Waals surface area contributed by atoms with E-state index in [-0.39, 0.29) is 13.1 Å². The van der Waals surface area contributed by atoms with Gasteiger partial charge in [-0.3, -0.25) is 9.80 Å². The molecule has 1 aliphatic carbocycles. The summed E-state index contributed by atoms with van der Waals surface area (Å²) in [4.78, 5) is 4.32. The number of dihydropyridines is 1. The third-order valence-corrected chi connectivity index (χ3v) is 9.77.